The Labute approximate surface area is 193 Å². The van der Waals surface area contributed by atoms with Crippen LogP contribution in [0.3, 0.4) is 0 Å². The lowest BCUT2D eigenvalue weighted by molar-refractivity contribution is -0.139. The van der Waals surface area contributed by atoms with Crippen molar-refractivity contribution in [2.45, 2.75) is 26.3 Å². The Morgan fingerprint density at radius 2 is 1.76 bits per heavy atom. The number of hydrogen-bond donors (Lipinski definition) is 1. The van der Waals surface area contributed by atoms with Gasteiger partial charge in [0.1, 0.15) is 5.76 Å². The van der Waals surface area contributed by atoms with Gasteiger partial charge in [-0.05, 0) is 41.8 Å². The molecule has 0 spiro atoms. The van der Waals surface area contributed by atoms with Crippen LogP contribution in [-0.4, -0.2) is 42.0 Å². The van der Waals surface area contributed by atoms with Crippen molar-refractivity contribution in [3.8, 4) is 11.5 Å². The number of carbonyl (C=O) groups is 2. The van der Waals surface area contributed by atoms with Gasteiger partial charge in [-0.25, -0.2) is 0 Å². The van der Waals surface area contributed by atoms with Gasteiger partial charge in [-0.1, -0.05) is 55.5 Å². The molecule has 1 amide bonds. The molecule has 0 aliphatic carbocycles. The molecule has 1 heterocycles. The minimum Gasteiger partial charge on any atom is -0.507 e. The zero-order chi connectivity index (χ0) is 23.5. The van der Waals surface area contributed by atoms with Crippen molar-refractivity contribution in [1.29, 1.82) is 0 Å². The Hall–Kier alpha value is -3.80. The molecule has 3 aromatic rings. The second-order valence-corrected chi connectivity index (χ2v) is 7.86. The van der Waals surface area contributed by atoms with Crippen LogP contribution in [-0.2, 0) is 9.59 Å². The van der Waals surface area contributed by atoms with Crippen LogP contribution in [0.2, 0.25) is 0 Å². The summed E-state index contributed by atoms with van der Waals surface area (Å²) in [5.41, 5.74) is 1.27. The number of likely N-dealkylation sites (tertiary alicyclic amines) is 1. The van der Waals surface area contributed by atoms with E-state index in [-0.39, 0.29) is 11.3 Å². The van der Waals surface area contributed by atoms with Crippen LogP contribution < -0.4 is 9.47 Å². The lowest BCUT2D eigenvalue weighted by atomic mass is 9.93. The van der Waals surface area contributed by atoms with Gasteiger partial charge in [-0.3, -0.25) is 9.59 Å². The van der Waals surface area contributed by atoms with Crippen molar-refractivity contribution in [3.63, 3.8) is 0 Å². The molecule has 6 heteroatoms. The number of benzene rings is 3. The number of ether oxygens (including phenoxy) is 2. The molecule has 170 valence electrons. The summed E-state index contributed by atoms with van der Waals surface area (Å²) in [5.74, 6) is -0.406. The predicted octanol–water partition coefficient (Wildman–Crippen LogP) is 5.08. The summed E-state index contributed by atoms with van der Waals surface area (Å²) in [5, 5.41) is 13.2. The van der Waals surface area contributed by atoms with E-state index in [1.807, 2.05) is 56.3 Å². The van der Waals surface area contributed by atoms with Crippen LogP contribution in [0.4, 0.5) is 0 Å². The number of fused-ring (bicyclic) bond motifs is 1. The van der Waals surface area contributed by atoms with Crippen LogP contribution in [0.15, 0.2) is 66.2 Å². The van der Waals surface area contributed by atoms with Crippen molar-refractivity contribution < 1.29 is 24.2 Å². The van der Waals surface area contributed by atoms with Crippen LogP contribution in [0, 0.1) is 0 Å². The van der Waals surface area contributed by atoms with E-state index in [2.05, 4.69) is 0 Å². The number of methoxy groups -OCH3 is 1. The first-order valence-corrected chi connectivity index (χ1v) is 11.1. The zero-order valence-electron chi connectivity index (χ0n) is 19.0. The van der Waals surface area contributed by atoms with Crippen LogP contribution in [0.5, 0.6) is 11.5 Å². The Morgan fingerprint density at radius 1 is 1.00 bits per heavy atom. The first-order valence-electron chi connectivity index (χ1n) is 11.1. The van der Waals surface area contributed by atoms with Gasteiger partial charge in [0.25, 0.3) is 11.7 Å². The predicted molar refractivity (Wildman–Crippen MR) is 127 cm³/mol. The number of carbonyl (C=O) groups excluding carboxylic acids is 2. The normalized spacial score (nSPS) is 17.5. The number of amides is 1. The second kappa shape index (κ2) is 9.36. The van der Waals surface area contributed by atoms with Gasteiger partial charge in [-0.2, -0.15) is 0 Å². The number of nitrogens with zero attached hydrogens (tertiary/aromatic N) is 1. The fourth-order valence-electron chi connectivity index (χ4n) is 4.40. The highest BCUT2D eigenvalue weighted by atomic mass is 16.5. The third-order valence-corrected chi connectivity index (χ3v) is 5.85. The van der Waals surface area contributed by atoms with Gasteiger partial charge in [0.05, 0.1) is 25.3 Å². The highest BCUT2D eigenvalue weighted by Crippen LogP contribution is 2.42. The maximum Gasteiger partial charge on any atom is 0.295 e. The van der Waals surface area contributed by atoms with Crippen molar-refractivity contribution in [3.05, 3.63) is 77.4 Å². The van der Waals surface area contributed by atoms with Crippen molar-refractivity contribution >= 4 is 28.2 Å². The molecule has 4 rings (SSSR count). The van der Waals surface area contributed by atoms with E-state index in [1.54, 1.807) is 25.3 Å². The topological polar surface area (TPSA) is 76.1 Å². The average Bonchev–Trinajstić information content (AvgIpc) is 3.09. The molecule has 1 aliphatic rings. The number of aliphatic hydroxyl groups is 1. The standard InChI is InChI=1S/C27H27NO5/c1-4-15-28-24(18-13-14-21(33-5-2)22(16-18)32-3)23(26(30)27(28)31)25(29)20-12-8-10-17-9-6-7-11-19(17)20/h6-14,16,24,29H,4-5,15H2,1-3H3/b25-23+. The molecular formula is C27H27NO5. The van der Waals surface area contributed by atoms with E-state index in [9.17, 15) is 14.7 Å². The number of hydrogen-bond acceptors (Lipinski definition) is 5. The lowest BCUT2D eigenvalue weighted by Gasteiger charge is -2.25. The van der Waals surface area contributed by atoms with Gasteiger partial charge in [-0.15, -0.1) is 0 Å². The zero-order valence-corrected chi connectivity index (χ0v) is 19.0. The highest BCUT2D eigenvalue weighted by molar-refractivity contribution is 6.46. The molecule has 1 atom stereocenters. The lowest BCUT2D eigenvalue weighted by Crippen LogP contribution is -2.30. The average molecular weight is 446 g/mol. The largest absolute Gasteiger partial charge is 0.507 e. The third kappa shape index (κ3) is 3.93. The molecule has 0 radical (unpaired) electrons. The summed E-state index contributed by atoms with van der Waals surface area (Å²) in [7, 11) is 1.54. The molecule has 0 saturated carbocycles. The first kappa shape index (κ1) is 22.4. The van der Waals surface area contributed by atoms with E-state index < -0.39 is 17.7 Å². The Balaban J connectivity index is 1.94. The number of ketones is 1. The van der Waals surface area contributed by atoms with Crippen molar-refractivity contribution in [1.82, 2.24) is 4.90 Å². The molecule has 1 fully saturated rings. The van der Waals surface area contributed by atoms with Gasteiger partial charge in [0, 0.05) is 12.1 Å². The molecule has 0 bridgehead atoms. The Kier molecular flexibility index (Phi) is 6.36. The summed E-state index contributed by atoms with van der Waals surface area (Å²) >= 11 is 0. The number of aliphatic hydroxyl groups excluding tert-OH is 1. The number of rotatable bonds is 7. The maximum atomic E-state index is 13.2. The molecule has 1 N–H and O–H groups in total. The Bertz CT molecular complexity index is 1240. The third-order valence-electron chi connectivity index (χ3n) is 5.85. The summed E-state index contributed by atoms with van der Waals surface area (Å²) < 4.78 is 11.1. The quantitative estimate of drug-likeness (QED) is 0.312. The van der Waals surface area contributed by atoms with E-state index in [1.165, 1.54) is 4.90 Å². The van der Waals surface area contributed by atoms with Gasteiger partial charge < -0.3 is 19.5 Å². The van der Waals surface area contributed by atoms with Gasteiger partial charge in [0.15, 0.2) is 11.5 Å². The summed E-state index contributed by atoms with van der Waals surface area (Å²) in [6.07, 6.45) is 0.673. The molecule has 1 aliphatic heterocycles. The maximum absolute atomic E-state index is 13.2. The monoisotopic (exact) mass is 445 g/mol. The summed E-state index contributed by atoms with van der Waals surface area (Å²) in [4.78, 5) is 27.7. The van der Waals surface area contributed by atoms with E-state index in [4.69, 9.17) is 9.47 Å². The Morgan fingerprint density at radius 3 is 2.48 bits per heavy atom. The van der Waals surface area contributed by atoms with Crippen LogP contribution in [0.25, 0.3) is 16.5 Å². The number of Topliss-reactive ketones (excluding diaryl/α,β-unsaturated/α-hetero) is 1. The van der Waals surface area contributed by atoms with Gasteiger partial charge >= 0.3 is 0 Å². The summed E-state index contributed by atoms with van der Waals surface area (Å²) in [6.45, 7) is 4.69. The molecule has 1 saturated heterocycles. The second-order valence-electron chi connectivity index (χ2n) is 7.86. The first-order chi connectivity index (χ1) is 16.0. The van der Waals surface area contributed by atoms with E-state index in [0.717, 1.165) is 10.8 Å². The molecule has 6 nitrogen and oxygen atoms in total. The SMILES string of the molecule is CCCN1C(=O)C(=O)/C(=C(/O)c2cccc3ccccc23)C1c1ccc(OCC)c(OC)c1. The molecule has 33 heavy (non-hydrogen) atoms. The highest BCUT2D eigenvalue weighted by Gasteiger charge is 2.46. The molecule has 3 aromatic carbocycles. The summed E-state index contributed by atoms with van der Waals surface area (Å²) in [6, 6.07) is 17.8. The van der Waals surface area contributed by atoms with Crippen LogP contribution >= 0.6 is 0 Å². The smallest absolute Gasteiger partial charge is 0.295 e. The van der Waals surface area contributed by atoms with Crippen molar-refractivity contribution in [2.24, 2.45) is 0 Å². The van der Waals surface area contributed by atoms with Gasteiger partial charge in [0.2, 0.25) is 0 Å². The fraction of sp³-hybridized carbons (Fsp3) is 0.259. The molecular weight excluding hydrogens is 418 g/mol. The fourth-order valence-corrected chi connectivity index (χ4v) is 4.40. The molecule has 1 unspecified atom stereocenters. The van der Waals surface area contributed by atoms with Crippen molar-refractivity contribution in [2.75, 3.05) is 20.3 Å². The van der Waals surface area contributed by atoms with E-state index >= 15 is 0 Å². The molecule has 0 aromatic heterocycles. The minimum atomic E-state index is -0.728. The van der Waals surface area contributed by atoms with E-state index in [0.29, 0.717) is 42.2 Å². The minimum absolute atomic E-state index is 0.0796. The van der Waals surface area contributed by atoms with Crippen LogP contribution in [0.1, 0.15) is 37.4 Å².